The van der Waals surface area contributed by atoms with E-state index in [0.29, 0.717) is 0 Å². The van der Waals surface area contributed by atoms with Crippen LogP contribution in [0.25, 0.3) is 0 Å². The Bertz CT molecular complexity index is 467. The first-order valence-corrected chi connectivity index (χ1v) is 6.70. The van der Waals surface area contributed by atoms with E-state index in [4.69, 9.17) is 5.11 Å². The number of hydrogen-bond donors (Lipinski definition) is 2. The number of aliphatic hydroxyl groups excluding tert-OH is 1. The highest BCUT2D eigenvalue weighted by Crippen LogP contribution is 2.25. The number of anilines is 1. The van der Waals surface area contributed by atoms with Gasteiger partial charge < -0.3 is 10.4 Å². The molecule has 0 heterocycles. The fourth-order valence-electron chi connectivity index (χ4n) is 1.43. The van der Waals surface area contributed by atoms with Gasteiger partial charge in [0, 0.05) is 11.3 Å². The number of nitrogens with one attached hydrogen (secondary N) is 1. The molecule has 19 heavy (non-hydrogen) atoms. The number of aliphatic hydroxyl groups is 1. The van der Waals surface area contributed by atoms with E-state index in [-0.39, 0.29) is 29.1 Å². The molecule has 0 bridgehead atoms. The molecule has 2 N–H and O–H groups in total. The summed E-state index contributed by atoms with van der Waals surface area (Å²) < 4.78 is 0. The zero-order chi connectivity index (χ0) is 14.4. The highest BCUT2D eigenvalue weighted by Gasteiger charge is 2.20. The molecule has 0 fully saturated rings. The molecule has 1 amide bonds. The number of carbonyl (C=O) groups is 1. The number of para-hydroxylation sites is 2. The second-order valence-corrected chi connectivity index (χ2v) is 5.82. The zero-order valence-electron chi connectivity index (χ0n) is 10.7. The molecule has 1 aromatic rings. The Labute approximate surface area is 115 Å². The van der Waals surface area contributed by atoms with Crippen molar-refractivity contribution in [2.45, 2.75) is 24.3 Å². The van der Waals surface area contributed by atoms with E-state index < -0.39 is 10.2 Å². The smallest absolute Gasteiger partial charge is 0.292 e. The molecule has 0 unspecified atom stereocenters. The summed E-state index contributed by atoms with van der Waals surface area (Å²) in [5.74, 6) is -0.320. The number of hydrogen-bond acceptors (Lipinski definition) is 5. The Balaban J connectivity index is 2.74. The van der Waals surface area contributed by atoms with Crippen molar-refractivity contribution < 1.29 is 14.8 Å². The van der Waals surface area contributed by atoms with Crippen molar-refractivity contribution in [2.75, 3.05) is 11.9 Å². The molecule has 0 saturated heterocycles. The minimum atomic E-state index is -0.538. The average molecular weight is 284 g/mol. The van der Waals surface area contributed by atoms with Gasteiger partial charge in [0.1, 0.15) is 5.69 Å². The Morgan fingerprint density at radius 1 is 1.47 bits per heavy atom. The molecule has 0 aliphatic rings. The number of rotatable bonds is 6. The van der Waals surface area contributed by atoms with Crippen molar-refractivity contribution in [3.63, 3.8) is 0 Å². The number of nitro benzene ring substituents is 1. The summed E-state index contributed by atoms with van der Waals surface area (Å²) in [6, 6.07) is 5.99. The van der Waals surface area contributed by atoms with Gasteiger partial charge in [0.05, 0.1) is 16.8 Å². The van der Waals surface area contributed by atoms with Crippen LogP contribution in [0.15, 0.2) is 24.3 Å². The second kappa shape index (κ2) is 7.10. The average Bonchev–Trinajstić information content (AvgIpc) is 2.38. The van der Waals surface area contributed by atoms with Crippen LogP contribution >= 0.6 is 11.8 Å². The molecule has 7 heteroatoms. The van der Waals surface area contributed by atoms with Gasteiger partial charge >= 0.3 is 0 Å². The molecule has 1 aromatic carbocycles. The first-order chi connectivity index (χ1) is 8.95. The third-order valence-corrected chi connectivity index (χ3v) is 3.66. The van der Waals surface area contributed by atoms with Crippen LogP contribution in [0, 0.1) is 10.1 Å². The fourth-order valence-corrected chi connectivity index (χ4v) is 2.39. The maximum Gasteiger partial charge on any atom is 0.292 e. The lowest BCUT2D eigenvalue weighted by Crippen LogP contribution is -2.25. The van der Waals surface area contributed by atoms with Crippen molar-refractivity contribution in [2.24, 2.45) is 0 Å². The van der Waals surface area contributed by atoms with E-state index in [2.05, 4.69) is 5.32 Å². The molecule has 0 aliphatic carbocycles. The molecule has 0 saturated carbocycles. The Hall–Kier alpha value is -1.60. The van der Waals surface area contributed by atoms with Gasteiger partial charge in [0.15, 0.2) is 0 Å². The van der Waals surface area contributed by atoms with Crippen molar-refractivity contribution >= 4 is 29.0 Å². The Morgan fingerprint density at radius 2 is 2.11 bits per heavy atom. The SMILES string of the molecule is C[C@H](CO)S[C@@H](C)C(=O)Nc1ccccc1[N+](=O)[O-]. The predicted molar refractivity (Wildman–Crippen MR) is 75.3 cm³/mol. The number of amides is 1. The summed E-state index contributed by atoms with van der Waals surface area (Å²) in [6.07, 6.45) is 0. The number of nitrogens with zero attached hydrogens (tertiary/aromatic N) is 1. The number of benzene rings is 1. The third kappa shape index (κ3) is 4.53. The number of thioether (sulfide) groups is 1. The highest BCUT2D eigenvalue weighted by atomic mass is 32.2. The Morgan fingerprint density at radius 3 is 2.68 bits per heavy atom. The molecule has 2 atom stereocenters. The summed E-state index contributed by atoms with van der Waals surface area (Å²) in [5.41, 5.74) is 0.0462. The van der Waals surface area contributed by atoms with E-state index >= 15 is 0 Å². The van der Waals surface area contributed by atoms with Crippen molar-refractivity contribution in [1.29, 1.82) is 0 Å². The van der Waals surface area contributed by atoms with Crippen LogP contribution in [-0.2, 0) is 4.79 Å². The van der Waals surface area contributed by atoms with Gasteiger partial charge in [0.25, 0.3) is 5.69 Å². The van der Waals surface area contributed by atoms with Gasteiger partial charge in [-0.3, -0.25) is 14.9 Å². The molecule has 1 rings (SSSR count). The van der Waals surface area contributed by atoms with Gasteiger partial charge in [-0.1, -0.05) is 19.1 Å². The number of carbonyl (C=O) groups excluding carboxylic acids is 1. The van der Waals surface area contributed by atoms with Crippen LogP contribution in [0.2, 0.25) is 0 Å². The normalized spacial score (nSPS) is 13.6. The van der Waals surface area contributed by atoms with Gasteiger partial charge in [-0.05, 0) is 13.0 Å². The van der Waals surface area contributed by atoms with Crippen molar-refractivity contribution in [3.8, 4) is 0 Å². The largest absolute Gasteiger partial charge is 0.395 e. The molecule has 0 spiro atoms. The molecule has 0 aromatic heterocycles. The van der Waals surface area contributed by atoms with Gasteiger partial charge in [-0.15, -0.1) is 11.8 Å². The van der Waals surface area contributed by atoms with Crippen LogP contribution in [0.5, 0.6) is 0 Å². The lowest BCUT2D eigenvalue weighted by atomic mass is 10.2. The summed E-state index contributed by atoms with van der Waals surface area (Å²) in [4.78, 5) is 22.2. The first-order valence-electron chi connectivity index (χ1n) is 5.76. The van der Waals surface area contributed by atoms with Crippen LogP contribution in [0.3, 0.4) is 0 Å². The van der Waals surface area contributed by atoms with Gasteiger partial charge in [-0.2, -0.15) is 0 Å². The summed E-state index contributed by atoms with van der Waals surface area (Å²) in [6.45, 7) is 3.48. The van der Waals surface area contributed by atoms with Crippen LogP contribution in [-0.4, -0.2) is 33.0 Å². The molecule has 0 aliphatic heterocycles. The quantitative estimate of drug-likeness (QED) is 0.616. The summed E-state index contributed by atoms with van der Waals surface area (Å²) in [7, 11) is 0. The van der Waals surface area contributed by atoms with Crippen LogP contribution < -0.4 is 5.32 Å². The maximum atomic E-state index is 11.9. The van der Waals surface area contributed by atoms with Crippen LogP contribution in [0.1, 0.15) is 13.8 Å². The highest BCUT2D eigenvalue weighted by molar-refractivity contribution is 8.01. The lowest BCUT2D eigenvalue weighted by molar-refractivity contribution is -0.383. The number of nitro groups is 1. The lowest BCUT2D eigenvalue weighted by Gasteiger charge is -2.15. The van der Waals surface area contributed by atoms with Crippen LogP contribution in [0.4, 0.5) is 11.4 Å². The van der Waals surface area contributed by atoms with E-state index in [1.54, 1.807) is 26.0 Å². The van der Waals surface area contributed by atoms with E-state index in [1.165, 1.54) is 23.9 Å². The first kappa shape index (κ1) is 15.5. The monoisotopic (exact) mass is 284 g/mol. The van der Waals surface area contributed by atoms with E-state index in [9.17, 15) is 14.9 Å². The van der Waals surface area contributed by atoms with Crippen molar-refractivity contribution in [1.82, 2.24) is 0 Å². The molecule has 6 nitrogen and oxygen atoms in total. The van der Waals surface area contributed by atoms with E-state index in [1.807, 2.05) is 0 Å². The maximum absolute atomic E-state index is 11.9. The van der Waals surface area contributed by atoms with Gasteiger partial charge in [-0.25, -0.2) is 0 Å². The summed E-state index contributed by atoms with van der Waals surface area (Å²) in [5, 5.41) is 21.8. The molecule has 104 valence electrons. The molecule has 0 radical (unpaired) electrons. The second-order valence-electron chi connectivity index (χ2n) is 4.04. The summed E-state index contributed by atoms with van der Waals surface area (Å²) >= 11 is 1.31. The topological polar surface area (TPSA) is 92.5 Å². The fraction of sp³-hybridized carbons (Fsp3) is 0.417. The predicted octanol–water partition coefficient (Wildman–Crippen LogP) is 2.04. The standard InChI is InChI=1S/C12H16N2O4S/c1-8(7-15)19-9(2)12(16)13-10-5-3-4-6-11(10)14(17)18/h3-6,8-9,15H,7H2,1-2H3,(H,13,16)/t8-,9+/m1/s1. The van der Waals surface area contributed by atoms with Crippen molar-refractivity contribution in [3.05, 3.63) is 34.4 Å². The van der Waals surface area contributed by atoms with E-state index in [0.717, 1.165) is 0 Å². The molecular weight excluding hydrogens is 268 g/mol. The molecular formula is C12H16N2O4S. The zero-order valence-corrected chi connectivity index (χ0v) is 11.5. The van der Waals surface area contributed by atoms with Gasteiger partial charge in [0.2, 0.25) is 5.91 Å². The third-order valence-electron chi connectivity index (χ3n) is 2.42. The minimum absolute atomic E-state index is 0.0201. The Kier molecular flexibility index (Phi) is 5.78. The minimum Gasteiger partial charge on any atom is -0.395 e.